The largest absolute Gasteiger partial charge is 0.748 e. The molecule has 0 bridgehead atoms. The van der Waals surface area contributed by atoms with E-state index in [0.29, 0.717) is 6.54 Å². The van der Waals surface area contributed by atoms with Crippen LogP contribution in [0.4, 0.5) is 0 Å². The van der Waals surface area contributed by atoms with E-state index in [2.05, 4.69) is 53.8 Å². The van der Waals surface area contributed by atoms with E-state index >= 15 is 0 Å². The molecule has 0 saturated carbocycles. The van der Waals surface area contributed by atoms with Crippen LogP contribution in [0.15, 0.2) is 109 Å². The van der Waals surface area contributed by atoms with E-state index in [0.717, 1.165) is 19.3 Å². The third-order valence-corrected chi connectivity index (χ3v) is 5.29. The maximum atomic E-state index is 10.9. The summed E-state index contributed by atoms with van der Waals surface area (Å²) in [6.45, 7) is 2.43. The zero-order valence-corrected chi connectivity index (χ0v) is 21.9. The first kappa shape index (κ1) is 31.9. The van der Waals surface area contributed by atoms with Crippen molar-refractivity contribution in [2.24, 2.45) is 5.92 Å². The van der Waals surface area contributed by atoms with Gasteiger partial charge in [0, 0.05) is 54.2 Å². The van der Waals surface area contributed by atoms with E-state index in [1.807, 2.05) is 60.7 Å². The molecule has 4 aromatic carbocycles. The number of carbonyl (C=O) groups excluding carboxylic acids is 1. The Balaban J connectivity index is 0.000000746. The summed E-state index contributed by atoms with van der Waals surface area (Å²) >= 11 is 0. The van der Waals surface area contributed by atoms with Crippen LogP contribution in [0.1, 0.15) is 43.2 Å². The van der Waals surface area contributed by atoms with Crippen molar-refractivity contribution in [2.75, 3.05) is 13.2 Å². The van der Waals surface area contributed by atoms with Gasteiger partial charge in [0.05, 0.1) is 0 Å². The third-order valence-electron chi connectivity index (χ3n) is 5.29. The van der Waals surface area contributed by atoms with E-state index in [9.17, 15) is 9.90 Å². The molecule has 1 atom stereocenters. The fraction of sp³-hybridized carbons (Fsp3) is 0.276. The van der Waals surface area contributed by atoms with Gasteiger partial charge in [-0.2, -0.15) is 53.6 Å². The Kier molecular flexibility index (Phi) is 19.0. The van der Waals surface area contributed by atoms with Gasteiger partial charge in [-0.05, 0) is 18.8 Å². The van der Waals surface area contributed by atoms with Crippen LogP contribution in [-0.2, 0) is 38.9 Å². The van der Waals surface area contributed by atoms with Gasteiger partial charge in [-0.15, -0.1) is 0 Å². The van der Waals surface area contributed by atoms with Gasteiger partial charge in [0.15, 0.2) is 0 Å². The van der Waals surface area contributed by atoms with E-state index < -0.39 is 0 Å². The average molecular weight is 541 g/mol. The molecule has 0 aliphatic carbocycles. The van der Waals surface area contributed by atoms with Crippen LogP contribution in [0.2, 0.25) is 0 Å². The minimum Gasteiger partial charge on any atom is -0.748 e. The molecule has 1 unspecified atom stereocenters. The molecule has 192 valence electrons. The van der Waals surface area contributed by atoms with Crippen molar-refractivity contribution in [2.45, 2.75) is 32.1 Å². The molecule has 0 saturated heterocycles. The van der Waals surface area contributed by atoms with Crippen molar-refractivity contribution in [3.8, 4) is 0 Å². The molecule has 0 aliphatic rings. The number of hydrogen-bond acceptors (Lipinski definition) is 2. The van der Waals surface area contributed by atoms with Crippen molar-refractivity contribution in [1.82, 2.24) is 5.32 Å². The van der Waals surface area contributed by atoms with E-state index in [-0.39, 0.29) is 58.5 Å². The average Bonchev–Trinajstić information content (AvgIpc) is 3.63. The number of aliphatic hydroxyl groups is 1. The van der Waals surface area contributed by atoms with Crippen LogP contribution in [0, 0.1) is 5.92 Å². The van der Waals surface area contributed by atoms with Gasteiger partial charge in [-0.1, -0.05) is 12.3 Å². The van der Waals surface area contributed by atoms with Crippen LogP contribution in [-0.4, -0.2) is 24.2 Å². The second-order valence-corrected chi connectivity index (χ2v) is 7.76. The molecule has 1 amide bonds. The second-order valence-electron chi connectivity index (χ2n) is 7.76. The van der Waals surface area contributed by atoms with Gasteiger partial charge >= 0.3 is 0 Å². The molecular formula is C29H35Fe2NO2-8. The van der Waals surface area contributed by atoms with Crippen molar-refractivity contribution in [3.63, 3.8) is 0 Å². The van der Waals surface area contributed by atoms with E-state index in [1.165, 1.54) is 18.1 Å². The molecule has 5 heteroatoms. The Hall–Kier alpha value is -2.13. The summed E-state index contributed by atoms with van der Waals surface area (Å²) in [7, 11) is 0. The van der Waals surface area contributed by atoms with Crippen LogP contribution < -0.4 is 5.32 Å². The molecule has 0 aromatic heterocycles. The Bertz CT molecular complexity index is 787. The van der Waals surface area contributed by atoms with Gasteiger partial charge in [-0.25, -0.2) is 36.4 Å². The fourth-order valence-corrected chi connectivity index (χ4v) is 3.73. The Morgan fingerprint density at radius 3 is 1.65 bits per heavy atom. The van der Waals surface area contributed by atoms with Gasteiger partial charge < -0.3 is 40.8 Å². The van der Waals surface area contributed by atoms with Gasteiger partial charge in [0.2, 0.25) is 5.91 Å². The van der Waals surface area contributed by atoms with Gasteiger partial charge in [0.1, 0.15) is 0 Å². The molecule has 34 heavy (non-hydrogen) atoms. The minimum atomic E-state index is 0. The monoisotopic (exact) mass is 541 g/mol. The zero-order valence-electron chi connectivity index (χ0n) is 19.6. The smallest absolute Gasteiger partial charge is 0.216 e. The first-order chi connectivity index (χ1) is 15.7. The molecule has 0 radical (unpaired) electrons. The van der Waals surface area contributed by atoms with Gasteiger partial charge in [0.25, 0.3) is 0 Å². The number of aliphatic hydroxyl groups excluding tert-OH is 1. The number of amides is 1. The van der Waals surface area contributed by atoms with Crippen LogP contribution >= 0.6 is 0 Å². The first-order valence-corrected chi connectivity index (χ1v) is 11.3. The summed E-state index contributed by atoms with van der Waals surface area (Å²) in [6, 6.07) is 36.8. The quantitative estimate of drug-likeness (QED) is 0.156. The molecule has 3 nitrogen and oxygen atoms in total. The molecular weight excluding hydrogens is 506 g/mol. The van der Waals surface area contributed by atoms with Crippen LogP contribution in [0.3, 0.4) is 0 Å². The van der Waals surface area contributed by atoms with Crippen molar-refractivity contribution in [1.29, 1.82) is 0 Å². The predicted octanol–water partition coefficient (Wildman–Crippen LogP) is 5.98. The molecule has 4 aromatic rings. The summed E-state index contributed by atoms with van der Waals surface area (Å²) in [5.41, 5.74) is 2.54. The summed E-state index contributed by atoms with van der Waals surface area (Å²) in [5.74, 6) is 0.475. The van der Waals surface area contributed by atoms with Gasteiger partial charge in [-0.3, -0.25) is 4.79 Å². The molecule has 4 rings (SSSR count). The molecule has 0 fully saturated rings. The topological polar surface area (TPSA) is 49.3 Å². The Morgan fingerprint density at radius 1 is 0.824 bits per heavy atom. The van der Waals surface area contributed by atoms with Crippen molar-refractivity contribution in [3.05, 3.63) is 120 Å². The summed E-state index contributed by atoms with van der Waals surface area (Å²) in [5, 5.41) is 12.7. The van der Waals surface area contributed by atoms with Crippen molar-refractivity contribution < 1.29 is 44.0 Å². The normalized spacial score (nSPS) is 10.4. The number of rotatable bonds is 9. The maximum Gasteiger partial charge on any atom is 0.216 e. The number of carbonyl (C=O) groups is 1. The van der Waals surface area contributed by atoms with E-state index in [1.54, 1.807) is 0 Å². The van der Waals surface area contributed by atoms with Crippen molar-refractivity contribution >= 4 is 5.91 Å². The fourth-order valence-electron chi connectivity index (χ4n) is 3.73. The first-order valence-electron chi connectivity index (χ1n) is 11.3. The maximum absolute atomic E-state index is 10.9. The third kappa shape index (κ3) is 12.9. The Morgan fingerprint density at radius 2 is 1.29 bits per heavy atom. The predicted molar refractivity (Wildman–Crippen MR) is 133 cm³/mol. The molecule has 0 heterocycles. The van der Waals surface area contributed by atoms with Crippen LogP contribution in [0.25, 0.3) is 0 Å². The Labute approximate surface area is 226 Å². The minimum absolute atomic E-state index is 0. The number of unbranched alkanes of at least 4 members (excludes halogenated alkanes) is 1. The summed E-state index contributed by atoms with van der Waals surface area (Å²) in [4.78, 5) is 10.9. The molecule has 2 N–H and O–H groups in total. The second kappa shape index (κ2) is 20.3. The van der Waals surface area contributed by atoms with Crippen LogP contribution in [0.5, 0.6) is 0 Å². The number of hydrogen-bond donors (Lipinski definition) is 2. The summed E-state index contributed by atoms with van der Waals surface area (Å²) in [6.07, 6.45) is 2.91. The zero-order chi connectivity index (χ0) is 22.9. The van der Waals surface area contributed by atoms with E-state index in [4.69, 9.17) is 0 Å². The number of nitrogens with one attached hydrogen (secondary N) is 1. The molecule has 0 aliphatic heterocycles. The standard InChI is InChI=1S/C19H25NO2.2C5H5.2Fe/c1-15(22)20-13-7-6-12-18(14-21)19(16-8-2-3-9-16)17-10-4-5-11-17;2*1-2-4-5-3-1;;/h2-5,8-11,18-19,21H,6-7,12-14H2,1H3,(H,20,22);2*1-5H;;/q-2;-5;-1;;. The summed E-state index contributed by atoms with van der Waals surface area (Å²) < 4.78 is 0. The SMILES string of the molecule is CC(=O)NCCCCC(CO)C([c-]1cccc1)[c-]1cccc1.[Fe].[Fe].[cH-]1[cH-][cH-][cH-][cH-]1.c1cc[cH-]c1. The molecule has 0 spiro atoms.